The molecule has 0 aliphatic carbocycles. The number of rotatable bonds is 4. The van der Waals surface area contributed by atoms with Crippen LogP contribution in [-0.2, 0) is 6.54 Å². The molecule has 7 nitrogen and oxygen atoms in total. The molecule has 1 saturated heterocycles. The molecule has 100 valence electrons. The summed E-state index contributed by atoms with van der Waals surface area (Å²) in [6, 6.07) is 0. The number of aromatic nitrogens is 3. The standard InChI is InChI=1S/C11H20N6O/c1-11(2)4-3-5-16(11)6-7-17-8-9(14-15-17)10(18)13-12/h8H,3-7,12H2,1-2H3,(H,13,18). The van der Waals surface area contributed by atoms with Gasteiger partial charge in [-0.2, -0.15) is 0 Å². The van der Waals surface area contributed by atoms with E-state index in [9.17, 15) is 4.79 Å². The third kappa shape index (κ3) is 2.68. The number of nitrogen functional groups attached to an aromatic ring is 1. The molecule has 1 aromatic rings. The van der Waals surface area contributed by atoms with E-state index in [1.165, 1.54) is 12.8 Å². The highest BCUT2D eigenvalue weighted by Crippen LogP contribution is 2.27. The highest BCUT2D eigenvalue weighted by atomic mass is 16.2. The summed E-state index contributed by atoms with van der Waals surface area (Å²) in [6.45, 7) is 7.29. The maximum absolute atomic E-state index is 11.2. The summed E-state index contributed by atoms with van der Waals surface area (Å²) in [5, 5.41) is 7.69. The summed E-state index contributed by atoms with van der Waals surface area (Å²) in [6.07, 6.45) is 4.08. The maximum Gasteiger partial charge on any atom is 0.287 e. The summed E-state index contributed by atoms with van der Waals surface area (Å²) in [5.74, 6) is 4.62. The second kappa shape index (κ2) is 5.03. The molecule has 18 heavy (non-hydrogen) atoms. The van der Waals surface area contributed by atoms with Crippen LogP contribution < -0.4 is 11.3 Å². The van der Waals surface area contributed by atoms with Gasteiger partial charge in [-0.05, 0) is 33.2 Å². The lowest BCUT2D eigenvalue weighted by Gasteiger charge is -2.31. The molecule has 2 heterocycles. The van der Waals surface area contributed by atoms with Crippen LogP contribution in [0.3, 0.4) is 0 Å². The zero-order valence-electron chi connectivity index (χ0n) is 10.9. The van der Waals surface area contributed by atoms with Gasteiger partial charge in [-0.25, -0.2) is 5.84 Å². The molecule has 1 fully saturated rings. The number of carbonyl (C=O) groups is 1. The molecule has 1 amide bonds. The number of amides is 1. The number of hydrazine groups is 1. The quantitative estimate of drug-likeness (QED) is 0.438. The van der Waals surface area contributed by atoms with Gasteiger partial charge >= 0.3 is 0 Å². The first-order valence-corrected chi connectivity index (χ1v) is 6.19. The molecule has 1 aliphatic rings. The number of likely N-dealkylation sites (tertiary alicyclic amines) is 1. The van der Waals surface area contributed by atoms with Crippen LogP contribution in [0.5, 0.6) is 0 Å². The fraction of sp³-hybridized carbons (Fsp3) is 0.727. The van der Waals surface area contributed by atoms with Gasteiger partial charge in [0.2, 0.25) is 0 Å². The van der Waals surface area contributed by atoms with E-state index in [2.05, 4.69) is 29.1 Å². The van der Waals surface area contributed by atoms with Crippen LogP contribution in [0, 0.1) is 0 Å². The SMILES string of the molecule is CC1(C)CCCN1CCn1cc(C(=O)NN)nn1. The zero-order valence-corrected chi connectivity index (χ0v) is 10.9. The van der Waals surface area contributed by atoms with Crippen molar-refractivity contribution in [3.63, 3.8) is 0 Å². The van der Waals surface area contributed by atoms with Crippen LogP contribution in [0.1, 0.15) is 37.2 Å². The van der Waals surface area contributed by atoms with Crippen molar-refractivity contribution in [2.45, 2.75) is 38.8 Å². The second-order valence-electron chi connectivity index (χ2n) is 5.24. The van der Waals surface area contributed by atoms with Crippen LogP contribution in [0.2, 0.25) is 0 Å². The normalized spacial score (nSPS) is 19.1. The van der Waals surface area contributed by atoms with E-state index in [4.69, 9.17) is 5.84 Å². The molecule has 0 aromatic carbocycles. The van der Waals surface area contributed by atoms with Gasteiger partial charge in [-0.15, -0.1) is 5.10 Å². The summed E-state index contributed by atoms with van der Waals surface area (Å²) < 4.78 is 1.68. The van der Waals surface area contributed by atoms with Crippen LogP contribution in [-0.4, -0.2) is 44.4 Å². The first kappa shape index (κ1) is 13.0. The van der Waals surface area contributed by atoms with Gasteiger partial charge in [-0.3, -0.25) is 19.8 Å². The molecule has 1 aromatic heterocycles. The molecule has 2 rings (SSSR count). The van der Waals surface area contributed by atoms with E-state index in [-0.39, 0.29) is 11.2 Å². The molecule has 7 heteroatoms. The van der Waals surface area contributed by atoms with E-state index < -0.39 is 5.91 Å². The van der Waals surface area contributed by atoms with E-state index >= 15 is 0 Å². The number of hydrogen-bond donors (Lipinski definition) is 2. The molecular formula is C11H20N6O. The Morgan fingerprint density at radius 2 is 2.33 bits per heavy atom. The van der Waals surface area contributed by atoms with Crippen molar-refractivity contribution in [2.24, 2.45) is 5.84 Å². The van der Waals surface area contributed by atoms with Gasteiger partial charge in [0, 0.05) is 12.1 Å². The largest absolute Gasteiger partial charge is 0.296 e. The average molecular weight is 252 g/mol. The summed E-state index contributed by atoms with van der Waals surface area (Å²) in [7, 11) is 0. The second-order valence-corrected chi connectivity index (χ2v) is 5.24. The molecule has 0 bridgehead atoms. The van der Waals surface area contributed by atoms with Crippen LogP contribution in [0.15, 0.2) is 6.20 Å². The number of nitrogens with one attached hydrogen (secondary N) is 1. The Hall–Kier alpha value is -1.47. The Labute approximate surface area is 106 Å². The lowest BCUT2D eigenvalue weighted by atomic mass is 10.0. The van der Waals surface area contributed by atoms with E-state index in [0.29, 0.717) is 0 Å². The fourth-order valence-corrected chi connectivity index (χ4v) is 2.39. The number of carbonyl (C=O) groups excluding carboxylic acids is 1. The van der Waals surface area contributed by atoms with Crippen molar-refractivity contribution >= 4 is 5.91 Å². The first-order valence-electron chi connectivity index (χ1n) is 6.19. The van der Waals surface area contributed by atoms with Crippen molar-refractivity contribution in [3.8, 4) is 0 Å². The Morgan fingerprint density at radius 1 is 1.56 bits per heavy atom. The Kier molecular flexibility index (Phi) is 3.63. The highest BCUT2D eigenvalue weighted by molar-refractivity contribution is 5.91. The molecule has 1 aliphatic heterocycles. The van der Waals surface area contributed by atoms with Crippen LogP contribution in [0.4, 0.5) is 0 Å². The third-order valence-electron chi connectivity index (χ3n) is 3.57. The Bertz CT molecular complexity index is 427. The van der Waals surface area contributed by atoms with E-state index in [1.807, 2.05) is 5.43 Å². The van der Waals surface area contributed by atoms with Crippen LogP contribution >= 0.6 is 0 Å². The third-order valence-corrected chi connectivity index (χ3v) is 3.57. The van der Waals surface area contributed by atoms with E-state index in [0.717, 1.165) is 19.6 Å². The fourth-order valence-electron chi connectivity index (χ4n) is 2.39. The molecule has 0 radical (unpaired) electrons. The van der Waals surface area contributed by atoms with Crippen molar-refractivity contribution in [1.82, 2.24) is 25.3 Å². The Morgan fingerprint density at radius 3 is 2.94 bits per heavy atom. The van der Waals surface area contributed by atoms with Crippen molar-refractivity contribution < 1.29 is 4.79 Å². The van der Waals surface area contributed by atoms with Crippen LogP contribution in [0.25, 0.3) is 0 Å². The maximum atomic E-state index is 11.2. The molecule has 0 unspecified atom stereocenters. The predicted molar refractivity (Wildman–Crippen MR) is 66.6 cm³/mol. The van der Waals surface area contributed by atoms with Crippen molar-refractivity contribution in [2.75, 3.05) is 13.1 Å². The molecule has 0 atom stereocenters. The van der Waals surface area contributed by atoms with Gasteiger partial charge in [-0.1, -0.05) is 5.21 Å². The predicted octanol–water partition coefficient (Wildman–Crippen LogP) is -0.244. The van der Waals surface area contributed by atoms with Crippen molar-refractivity contribution in [1.29, 1.82) is 0 Å². The first-order chi connectivity index (χ1) is 8.53. The number of nitrogens with two attached hydrogens (primary N) is 1. The molecule has 0 saturated carbocycles. The minimum atomic E-state index is -0.414. The van der Waals surface area contributed by atoms with E-state index in [1.54, 1.807) is 10.9 Å². The topological polar surface area (TPSA) is 89.1 Å². The monoisotopic (exact) mass is 252 g/mol. The summed E-state index contributed by atoms with van der Waals surface area (Å²) >= 11 is 0. The van der Waals surface area contributed by atoms with Gasteiger partial charge in [0.15, 0.2) is 5.69 Å². The minimum Gasteiger partial charge on any atom is -0.296 e. The highest BCUT2D eigenvalue weighted by Gasteiger charge is 2.31. The summed E-state index contributed by atoms with van der Waals surface area (Å²) in [5.41, 5.74) is 2.55. The minimum absolute atomic E-state index is 0.248. The average Bonchev–Trinajstić information content (AvgIpc) is 2.92. The Balaban J connectivity index is 1.91. The van der Waals surface area contributed by atoms with Gasteiger partial charge in [0.25, 0.3) is 5.91 Å². The zero-order chi connectivity index (χ0) is 13.2. The van der Waals surface area contributed by atoms with Crippen molar-refractivity contribution in [3.05, 3.63) is 11.9 Å². The molecular weight excluding hydrogens is 232 g/mol. The smallest absolute Gasteiger partial charge is 0.287 e. The molecule has 3 N–H and O–H groups in total. The van der Waals surface area contributed by atoms with Gasteiger partial charge in [0.1, 0.15) is 0 Å². The van der Waals surface area contributed by atoms with Gasteiger partial charge in [0.05, 0.1) is 12.7 Å². The molecule has 0 spiro atoms. The lowest BCUT2D eigenvalue weighted by Crippen LogP contribution is -2.40. The number of hydrogen-bond acceptors (Lipinski definition) is 5. The summed E-state index contributed by atoms with van der Waals surface area (Å²) in [4.78, 5) is 13.7. The lowest BCUT2D eigenvalue weighted by molar-refractivity contribution is 0.0948. The van der Waals surface area contributed by atoms with Gasteiger partial charge < -0.3 is 0 Å². The number of nitrogens with zero attached hydrogens (tertiary/aromatic N) is 4.